The van der Waals surface area contributed by atoms with Gasteiger partial charge in [-0.15, -0.1) is 0 Å². The fraction of sp³-hybridized carbons (Fsp3) is 0.533. The zero-order valence-electron chi connectivity index (χ0n) is 11.0. The molecule has 3 rings (SSSR count). The number of halogens is 2. The summed E-state index contributed by atoms with van der Waals surface area (Å²) < 4.78 is 27.8. The molecule has 2 aliphatic rings. The fourth-order valence-corrected chi connectivity index (χ4v) is 3.40. The lowest BCUT2D eigenvalue weighted by Gasteiger charge is -2.47. The topological polar surface area (TPSA) is 20.3 Å². The Hall–Kier alpha value is -1.45. The Morgan fingerprint density at radius 2 is 1.74 bits per heavy atom. The van der Waals surface area contributed by atoms with Crippen LogP contribution in [0, 0.1) is 18.6 Å². The molecule has 0 saturated carbocycles. The number of rotatable bonds is 1. The summed E-state index contributed by atoms with van der Waals surface area (Å²) >= 11 is 0. The lowest BCUT2D eigenvalue weighted by molar-refractivity contribution is -0.121. The van der Waals surface area contributed by atoms with Crippen LogP contribution >= 0.6 is 0 Å². The van der Waals surface area contributed by atoms with Crippen molar-refractivity contribution in [3.8, 4) is 0 Å². The van der Waals surface area contributed by atoms with E-state index in [-0.39, 0.29) is 29.5 Å². The molecule has 0 amide bonds. The van der Waals surface area contributed by atoms with Crippen LogP contribution in [-0.4, -0.2) is 17.9 Å². The van der Waals surface area contributed by atoms with E-state index in [0.717, 1.165) is 19.3 Å². The van der Waals surface area contributed by atoms with Crippen molar-refractivity contribution < 1.29 is 13.6 Å². The number of benzene rings is 1. The molecule has 4 heteroatoms. The molecule has 102 valence electrons. The van der Waals surface area contributed by atoms with Gasteiger partial charge in [0.05, 0.1) is 5.69 Å². The summed E-state index contributed by atoms with van der Waals surface area (Å²) in [5.74, 6) is -0.518. The second-order valence-electron chi connectivity index (χ2n) is 5.65. The third-order valence-electron chi connectivity index (χ3n) is 4.29. The highest BCUT2D eigenvalue weighted by Gasteiger charge is 2.38. The van der Waals surface area contributed by atoms with Crippen LogP contribution in [-0.2, 0) is 4.79 Å². The van der Waals surface area contributed by atoms with Crippen LogP contribution in [0.2, 0.25) is 0 Å². The maximum absolute atomic E-state index is 14.1. The molecule has 0 spiro atoms. The number of carbonyl (C=O) groups is 1. The Balaban J connectivity index is 2.01. The number of aryl methyl sites for hydroxylation is 1. The molecule has 2 unspecified atom stereocenters. The number of ketones is 1. The van der Waals surface area contributed by atoms with Crippen molar-refractivity contribution in [2.24, 2.45) is 0 Å². The van der Waals surface area contributed by atoms with E-state index in [1.165, 1.54) is 12.1 Å². The Bertz CT molecular complexity index is 513. The Morgan fingerprint density at radius 1 is 1.11 bits per heavy atom. The van der Waals surface area contributed by atoms with E-state index in [1.807, 2.05) is 4.90 Å². The first-order valence-electron chi connectivity index (χ1n) is 6.82. The molecule has 0 radical (unpaired) electrons. The summed E-state index contributed by atoms with van der Waals surface area (Å²) in [6.45, 7) is 1.56. The number of hydrogen-bond acceptors (Lipinski definition) is 2. The van der Waals surface area contributed by atoms with Crippen LogP contribution < -0.4 is 4.90 Å². The van der Waals surface area contributed by atoms with Gasteiger partial charge in [0.2, 0.25) is 0 Å². The lowest BCUT2D eigenvalue weighted by atomic mass is 9.83. The normalized spacial score (nSPS) is 26.7. The van der Waals surface area contributed by atoms with Crippen LogP contribution in [0.1, 0.15) is 37.7 Å². The second-order valence-corrected chi connectivity index (χ2v) is 5.65. The van der Waals surface area contributed by atoms with E-state index in [1.54, 1.807) is 6.92 Å². The van der Waals surface area contributed by atoms with Gasteiger partial charge < -0.3 is 4.90 Å². The summed E-state index contributed by atoms with van der Waals surface area (Å²) in [7, 11) is 0. The molecule has 0 aromatic heterocycles. The van der Waals surface area contributed by atoms with Gasteiger partial charge in [0.25, 0.3) is 0 Å². The van der Waals surface area contributed by atoms with Crippen molar-refractivity contribution in [3.63, 3.8) is 0 Å². The molecular formula is C15H17F2NO. The largest absolute Gasteiger partial charge is 0.362 e. The van der Waals surface area contributed by atoms with Gasteiger partial charge in [0, 0.05) is 31.0 Å². The summed E-state index contributed by atoms with van der Waals surface area (Å²) in [4.78, 5) is 13.6. The Kier molecular flexibility index (Phi) is 3.03. The summed E-state index contributed by atoms with van der Waals surface area (Å²) in [6.07, 6.45) is 3.76. The molecule has 2 bridgehead atoms. The Labute approximate surface area is 111 Å². The van der Waals surface area contributed by atoms with Gasteiger partial charge in [-0.25, -0.2) is 8.78 Å². The smallest absolute Gasteiger partial charge is 0.146 e. The maximum Gasteiger partial charge on any atom is 0.146 e. The zero-order chi connectivity index (χ0) is 13.6. The quantitative estimate of drug-likeness (QED) is 0.776. The molecule has 2 heterocycles. The van der Waals surface area contributed by atoms with Crippen molar-refractivity contribution in [3.05, 3.63) is 29.3 Å². The summed E-state index contributed by atoms with van der Waals surface area (Å²) in [6, 6.07) is 2.61. The highest BCUT2D eigenvalue weighted by Crippen LogP contribution is 2.38. The third-order valence-corrected chi connectivity index (χ3v) is 4.29. The Morgan fingerprint density at radius 3 is 2.37 bits per heavy atom. The van der Waals surface area contributed by atoms with Crippen molar-refractivity contribution in [1.82, 2.24) is 0 Å². The molecule has 19 heavy (non-hydrogen) atoms. The molecule has 1 aromatic rings. The molecule has 2 saturated heterocycles. The minimum Gasteiger partial charge on any atom is -0.362 e. The number of carbonyl (C=O) groups excluding carboxylic acids is 1. The van der Waals surface area contributed by atoms with E-state index in [9.17, 15) is 13.6 Å². The first-order chi connectivity index (χ1) is 9.06. The first kappa shape index (κ1) is 12.6. The predicted octanol–water partition coefficient (Wildman–Crippen LogP) is 3.36. The molecule has 2 atom stereocenters. The highest BCUT2D eigenvalue weighted by molar-refractivity contribution is 5.82. The van der Waals surface area contributed by atoms with E-state index in [0.29, 0.717) is 24.1 Å². The first-order valence-corrected chi connectivity index (χ1v) is 6.82. The number of fused-ring (bicyclic) bond motifs is 2. The van der Waals surface area contributed by atoms with Crippen LogP contribution in [0.3, 0.4) is 0 Å². The number of nitrogens with zero attached hydrogens (tertiary/aromatic N) is 1. The van der Waals surface area contributed by atoms with Gasteiger partial charge in [-0.05, 0) is 37.8 Å². The van der Waals surface area contributed by atoms with Gasteiger partial charge in [-0.2, -0.15) is 0 Å². The lowest BCUT2D eigenvalue weighted by Crippen LogP contribution is -2.53. The van der Waals surface area contributed by atoms with Gasteiger partial charge >= 0.3 is 0 Å². The summed E-state index contributed by atoms with van der Waals surface area (Å²) in [5, 5.41) is 0. The number of anilines is 1. The molecule has 2 nitrogen and oxygen atoms in total. The molecule has 0 N–H and O–H groups in total. The van der Waals surface area contributed by atoms with Gasteiger partial charge in [-0.3, -0.25) is 4.79 Å². The van der Waals surface area contributed by atoms with E-state index in [2.05, 4.69) is 0 Å². The van der Waals surface area contributed by atoms with E-state index < -0.39 is 0 Å². The van der Waals surface area contributed by atoms with Crippen LogP contribution in [0.4, 0.5) is 14.5 Å². The summed E-state index contributed by atoms with van der Waals surface area (Å²) in [5.41, 5.74) is 0.643. The average molecular weight is 265 g/mol. The number of Topliss-reactive ketones (excluding diaryl/α,β-unsaturated/α-hetero) is 1. The zero-order valence-corrected chi connectivity index (χ0v) is 11.0. The molecule has 0 aliphatic carbocycles. The molecule has 2 aliphatic heterocycles. The van der Waals surface area contributed by atoms with E-state index >= 15 is 0 Å². The fourth-order valence-electron chi connectivity index (χ4n) is 3.40. The number of hydrogen-bond donors (Lipinski definition) is 0. The molecule has 1 aromatic carbocycles. The second kappa shape index (κ2) is 4.58. The maximum atomic E-state index is 14.1. The van der Waals surface area contributed by atoms with Crippen molar-refractivity contribution in [2.75, 3.05) is 4.90 Å². The van der Waals surface area contributed by atoms with Gasteiger partial charge in [-0.1, -0.05) is 0 Å². The van der Waals surface area contributed by atoms with Crippen LogP contribution in [0.5, 0.6) is 0 Å². The van der Waals surface area contributed by atoms with Gasteiger partial charge in [0.15, 0.2) is 0 Å². The van der Waals surface area contributed by atoms with Crippen molar-refractivity contribution >= 4 is 11.5 Å². The molecule has 2 fully saturated rings. The average Bonchev–Trinajstić information content (AvgIpc) is 2.33. The van der Waals surface area contributed by atoms with Crippen LogP contribution in [0.15, 0.2) is 12.1 Å². The predicted molar refractivity (Wildman–Crippen MR) is 69.2 cm³/mol. The standard InChI is InChI=1S/C15H17F2NO/c1-9-5-14(17)15(8-13(9)16)18-10-3-2-4-11(18)7-12(19)6-10/h5,8,10-11H,2-4,6-7H2,1H3. The van der Waals surface area contributed by atoms with E-state index in [4.69, 9.17) is 0 Å². The van der Waals surface area contributed by atoms with Crippen molar-refractivity contribution in [1.29, 1.82) is 0 Å². The third kappa shape index (κ3) is 2.13. The monoisotopic (exact) mass is 265 g/mol. The SMILES string of the molecule is Cc1cc(F)c(N2C3CCCC2CC(=O)C3)cc1F. The van der Waals surface area contributed by atoms with Crippen molar-refractivity contribution in [2.45, 2.75) is 51.1 Å². The minimum atomic E-state index is -0.384. The number of piperidine rings is 2. The minimum absolute atomic E-state index is 0.0385. The molecular weight excluding hydrogens is 248 g/mol. The van der Waals surface area contributed by atoms with Gasteiger partial charge in [0.1, 0.15) is 17.4 Å². The highest BCUT2D eigenvalue weighted by atomic mass is 19.1. The van der Waals surface area contributed by atoms with Crippen LogP contribution in [0.25, 0.3) is 0 Å².